The monoisotopic (exact) mass is 413 g/mol. The van der Waals surface area contributed by atoms with Crippen LogP contribution >= 0.6 is 11.6 Å². The van der Waals surface area contributed by atoms with E-state index in [9.17, 15) is 18.0 Å². The van der Waals surface area contributed by atoms with Gasteiger partial charge in [-0.3, -0.25) is 4.79 Å². The number of amides is 1. The van der Waals surface area contributed by atoms with Gasteiger partial charge in [-0.25, -0.2) is 4.98 Å². The summed E-state index contributed by atoms with van der Waals surface area (Å²) in [5.74, 6) is 0.823. The summed E-state index contributed by atoms with van der Waals surface area (Å²) in [5, 5.41) is 0.523. The van der Waals surface area contributed by atoms with E-state index in [0.29, 0.717) is 42.8 Å². The molecule has 28 heavy (non-hydrogen) atoms. The lowest BCUT2D eigenvalue weighted by molar-refractivity contribution is -0.138. The minimum absolute atomic E-state index is 0.153. The molecule has 1 aromatic heterocycles. The Balaban J connectivity index is 1.55. The number of benzene rings is 1. The smallest absolute Gasteiger partial charge is 0.417 e. The van der Waals surface area contributed by atoms with E-state index in [2.05, 4.69) is 4.98 Å². The molecule has 1 unspecified atom stereocenters. The van der Waals surface area contributed by atoms with Crippen molar-refractivity contribution in [3.63, 3.8) is 0 Å². The Labute approximate surface area is 165 Å². The molecule has 1 aromatic carbocycles. The summed E-state index contributed by atoms with van der Waals surface area (Å²) in [7, 11) is 0. The van der Waals surface area contributed by atoms with Crippen molar-refractivity contribution in [2.75, 3.05) is 31.1 Å². The van der Waals surface area contributed by atoms with Crippen LogP contribution in [0.25, 0.3) is 0 Å². The topological polar surface area (TPSA) is 45.7 Å². The molecule has 1 aliphatic rings. The van der Waals surface area contributed by atoms with E-state index < -0.39 is 17.8 Å². The van der Waals surface area contributed by atoms with Crippen molar-refractivity contribution in [3.05, 3.63) is 53.2 Å². The fraction of sp³-hybridized carbons (Fsp3) is 0.368. The van der Waals surface area contributed by atoms with E-state index >= 15 is 0 Å². The first kappa shape index (κ1) is 20.3. The third-order valence-electron chi connectivity index (χ3n) is 4.45. The van der Waals surface area contributed by atoms with Gasteiger partial charge in [0, 0.05) is 37.4 Å². The molecule has 0 saturated carbocycles. The summed E-state index contributed by atoms with van der Waals surface area (Å²) >= 11 is 5.92. The Kier molecular flexibility index (Phi) is 5.98. The van der Waals surface area contributed by atoms with Gasteiger partial charge in [0.2, 0.25) is 0 Å². The number of nitrogens with zero attached hydrogens (tertiary/aromatic N) is 3. The molecular weight excluding hydrogens is 395 g/mol. The zero-order valence-corrected chi connectivity index (χ0v) is 15.9. The van der Waals surface area contributed by atoms with E-state index in [1.165, 1.54) is 6.07 Å². The summed E-state index contributed by atoms with van der Waals surface area (Å²) < 4.78 is 43.6. The number of halogens is 4. The lowest BCUT2D eigenvalue weighted by Gasteiger charge is -2.36. The number of hydrogen-bond acceptors (Lipinski definition) is 4. The van der Waals surface area contributed by atoms with Crippen molar-refractivity contribution in [1.29, 1.82) is 0 Å². The van der Waals surface area contributed by atoms with Gasteiger partial charge < -0.3 is 14.5 Å². The Morgan fingerprint density at radius 1 is 1.18 bits per heavy atom. The van der Waals surface area contributed by atoms with Crippen molar-refractivity contribution >= 4 is 23.3 Å². The summed E-state index contributed by atoms with van der Waals surface area (Å²) in [4.78, 5) is 20.0. The van der Waals surface area contributed by atoms with Crippen molar-refractivity contribution in [1.82, 2.24) is 9.88 Å². The Morgan fingerprint density at radius 2 is 1.89 bits per heavy atom. The van der Waals surface area contributed by atoms with Crippen LogP contribution in [0.5, 0.6) is 5.75 Å². The van der Waals surface area contributed by atoms with Gasteiger partial charge in [0.1, 0.15) is 11.6 Å². The molecular formula is C19H19ClF3N3O2. The van der Waals surface area contributed by atoms with Crippen LogP contribution in [0.1, 0.15) is 12.5 Å². The third-order valence-corrected chi connectivity index (χ3v) is 4.68. The largest absolute Gasteiger partial charge is 0.481 e. The highest BCUT2D eigenvalue weighted by Gasteiger charge is 2.31. The highest BCUT2D eigenvalue weighted by molar-refractivity contribution is 6.30. The van der Waals surface area contributed by atoms with Gasteiger partial charge in [0.05, 0.1) is 5.56 Å². The standard InChI is InChI=1S/C19H19ClF3N3O2/c1-13(28-16-4-2-3-15(20)11-16)18(27)26-9-7-25(8-10-26)17-6-5-14(12-24-17)19(21,22)23/h2-6,11-13H,7-10H2,1H3. The summed E-state index contributed by atoms with van der Waals surface area (Å²) in [6.07, 6.45) is -4.25. The molecule has 0 spiro atoms. The van der Waals surface area contributed by atoms with Crippen LogP contribution < -0.4 is 9.64 Å². The van der Waals surface area contributed by atoms with Crippen LogP contribution in [0.15, 0.2) is 42.6 Å². The zero-order chi connectivity index (χ0) is 20.3. The van der Waals surface area contributed by atoms with Gasteiger partial charge in [-0.1, -0.05) is 17.7 Å². The summed E-state index contributed by atoms with van der Waals surface area (Å²) in [6, 6.07) is 9.19. The molecule has 1 atom stereocenters. The van der Waals surface area contributed by atoms with E-state index in [4.69, 9.17) is 16.3 Å². The number of carbonyl (C=O) groups is 1. The number of alkyl halides is 3. The van der Waals surface area contributed by atoms with Gasteiger partial charge in [0.25, 0.3) is 5.91 Å². The van der Waals surface area contributed by atoms with E-state index in [1.54, 1.807) is 36.1 Å². The summed E-state index contributed by atoms with van der Waals surface area (Å²) in [6.45, 7) is 3.50. The Bertz CT molecular complexity index is 822. The zero-order valence-electron chi connectivity index (χ0n) is 15.1. The Morgan fingerprint density at radius 3 is 2.46 bits per heavy atom. The number of pyridine rings is 1. The molecule has 2 aromatic rings. The molecule has 3 rings (SSSR count). The molecule has 2 heterocycles. The predicted octanol–water partition coefficient (Wildman–Crippen LogP) is 3.87. The molecule has 9 heteroatoms. The first-order chi connectivity index (χ1) is 13.2. The maximum Gasteiger partial charge on any atom is 0.417 e. The minimum Gasteiger partial charge on any atom is -0.481 e. The van der Waals surface area contributed by atoms with Crippen molar-refractivity contribution < 1.29 is 22.7 Å². The molecule has 0 N–H and O–H groups in total. The second-order valence-electron chi connectivity index (χ2n) is 6.43. The fourth-order valence-corrected chi connectivity index (χ4v) is 3.13. The molecule has 0 radical (unpaired) electrons. The average molecular weight is 414 g/mol. The first-order valence-electron chi connectivity index (χ1n) is 8.73. The first-order valence-corrected chi connectivity index (χ1v) is 9.11. The minimum atomic E-state index is -4.41. The molecule has 0 bridgehead atoms. The maximum atomic E-state index is 12.6. The quantitative estimate of drug-likeness (QED) is 0.763. The van der Waals surface area contributed by atoms with Crippen LogP contribution in [0.3, 0.4) is 0 Å². The van der Waals surface area contributed by atoms with Gasteiger partial charge in [0.15, 0.2) is 6.10 Å². The van der Waals surface area contributed by atoms with Crippen molar-refractivity contribution in [3.8, 4) is 5.75 Å². The normalized spacial score (nSPS) is 16.0. The van der Waals surface area contributed by atoms with Crippen LogP contribution in [-0.2, 0) is 11.0 Å². The predicted molar refractivity (Wildman–Crippen MR) is 99.6 cm³/mol. The van der Waals surface area contributed by atoms with Crippen LogP contribution in [0, 0.1) is 0 Å². The number of aromatic nitrogens is 1. The Hall–Kier alpha value is -2.48. The number of hydrogen-bond donors (Lipinski definition) is 0. The lowest BCUT2D eigenvalue weighted by Crippen LogP contribution is -2.52. The number of anilines is 1. The molecule has 5 nitrogen and oxygen atoms in total. The van der Waals surface area contributed by atoms with E-state index in [1.807, 2.05) is 4.90 Å². The SMILES string of the molecule is CC(Oc1cccc(Cl)c1)C(=O)N1CCN(c2ccc(C(F)(F)F)cn2)CC1. The third kappa shape index (κ3) is 4.86. The summed E-state index contributed by atoms with van der Waals surface area (Å²) in [5.41, 5.74) is -0.781. The van der Waals surface area contributed by atoms with E-state index in [-0.39, 0.29) is 5.91 Å². The van der Waals surface area contributed by atoms with Gasteiger partial charge in [-0.15, -0.1) is 0 Å². The molecule has 1 fully saturated rings. The van der Waals surface area contributed by atoms with Gasteiger partial charge in [-0.2, -0.15) is 13.2 Å². The molecule has 0 aliphatic carbocycles. The van der Waals surface area contributed by atoms with Crippen molar-refractivity contribution in [2.45, 2.75) is 19.2 Å². The molecule has 1 amide bonds. The highest BCUT2D eigenvalue weighted by Crippen LogP contribution is 2.29. The lowest BCUT2D eigenvalue weighted by atomic mass is 10.2. The number of carbonyl (C=O) groups excluding carboxylic acids is 1. The number of ether oxygens (including phenoxy) is 1. The maximum absolute atomic E-state index is 12.6. The molecule has 150 valence electrons. The average Bonchev–Trinajstić information content (AvgIpc) is 2.67. The second kappa shape index (κ2) is 8.26. The van der Waals surface area contributed by atoms with Crippen LogP contribution in [0.2, 0.25) is 5.02 Å². The molecule has 1 saturated heterocycles. The van der Waals surface area contributed by atoms with Crippen LogP contribution in [0.4, 0.5) is 19.0 Å². The van der Waals surface area contributed by atoms with Gasteiger partial charge >= 0.3 is 6.18 Å². The highest BCUT2D eigenvalue weighted by atomic mass is 35.5. The second-order valence-corrected chi connectivity index (χ2v) is 6.87. The van der Waals surface area contributed by atoms with Crippen LogP contribution in [-0.4, -0.2) is 48.1 Å². The number of rotatable bonds is 4. The fourth-order valence-electron chi connectivity index (χ4n) is 2.95. The van der Waals surface area contributed by atoms with Crippen molar-refractivity contribution in [2.24, 2.45) is 0 Å². The number of piperazine rings is 1. The molecule has 1 aliphatic heterocycles. The van der Waals surface area contributed by atoms with E-state index in [0.717, 1.165) is 12.3 Å². The van der Waals surface area contributed by atoms with Gasteiger partial charge in [-0.05, 0) is 37.3 Å².